The number of hydrogen-bond donors (Lipinski definition) is 0. The van der Waals surface area contributed by atoms with E-state index in [4.69, 9.17) is 18.9 Å². The van der Waals surface area contributed by atoms with E-state index in [-0.39, 0.29) is 0 Å². The van der Waals surface area contributed by atoms with Crippen LogP contribution in [0.4, 0.5) is 0 Å². The third-order valence-corrected chi connectivity index (χ3v) is 6.38. The van der Waals surface area contributed by atoms with Crippen LogP contribution >= 0.6 is 0 Å². The largest absolute Gasteiger partial charge is 0.491 e. The second-order valence-corrected chi connectivity index (χ2v) is 9.68. The first-order valence-electron chi connectivity index (χ1n) is 14.8. The summed E-state index contributed by atoms with van der Waals surface area (Å²) in [6, 6.07) is 8.54. The molecular weight excluding hydrogens is 436 g/mol. The van der Waals surface area contributed by atoms with Crippen molar-refractivity contribution >= 4 is 0 Å². The summed E-state index contributed by atoms with van der Waals surface area (Å²) in [5.74, 6) is 0.918. The molecule has 0 N–H and O–H groups in total. The minimum Gasteiger partial charge on any atom is -0.491 e. The van der Waals surface area contributed by atoms with Gasteiger partial charge in [-0.15, -0.1) is 0 Å². The summed E-state index contributed by atoms with van der Waals surface area (Å²) in [6.07, 6.45) is 21.3. The fraction of sp³-hybridized carbons (Fsp3) is 0.806. The first-order valence-corrected chi connectivity index (χ1v) is 14.8. The van der Waals surface area contributed by atoms with Crippen LogP contribution in [-0.4, -0.2) is 46.2 Å². The van der Waals surface area contributed by atoms with E-state index in [0.29, 0.717) is 39.6 Å². The summed E-state index contributed by atoms with van der Waals surface area (Å²) in [4.78, 5) is 0. The average Bonchev–Trinajstić information content (AvgIpc) is 2.88. The SMILES string of the molecule is CCCCCCCCCCOCCOCCOCCOc1ccc(CCCCCCCCC)cc1. The zero-order chi connectivity index (χ0) is 25.1. The zero-order valence-electron chi connectivity index (χ0n) is 23.2. The van der Waals surface area contributed by atoms with E-state index in [1.54, 1.807) is 0 Å². The van der Waals surface area contributed by atoms with Gasteiger partial charge in [-0.3, -0.25) is 0 Å². The summed E-state index contributed by atoms with van der Waals surface area (Å²) in [7, 11) is 0. The van der Waals surface area contributed by atoms with Crippen LogP contribution in [0.3, 0.4) is 0 Å². The van der Waals surface area contributed by atoms with E-state index in [0.717, 1.165) is 12.4 Å². The molecule has 0 fully saturated rings. The monoisotopic (exact) mass is 492 g/mol. The highest BCUT2D eigenvalue weighted by molar-refractivity contribution is 5.27. The Morgan fingerprint density at radius 1 is 0.429 bits per heavy atom. The molecule has 4 nitrogen and oxygen atoms in total. The van der Waals surface area contributed by atoms with E-state index in [2.05, 4.69) is 38.1 Å². The molecule has 0 aromatic heterocycles. The first-order chi connectivity index (χ1) is 17.4. The van der Waals surface area contributed by atoms with E-state index in [9.17, 15) is 0 Å². The lowest BCUT2D eigenvalue weighted by Crippen LogP contribution is -2.13. The Balaban J connectivity index is 1.81. The third-order valence-electron chi connectivity index (χ3n) is 6.38. The van der Waals surface area contributed by atoms with Crippen molar-refractivity contribution in [3.63, 3.8) is 0 Å². The van der Waals surface area contributed by atoms with Crippen LogP contribution in [0, 0.1) is 0 Å². The maximum Gasteiger partial charge on any atom is 0.119 e. The van der Waals surface area contributed by atoms with Crippen molar-refractivity contribution in [3.05, 3.63) is 29.8 Å². The molecule has 0 heterocycles. The van der Waals surface area contributed by atoms with Gasteiger partial charge in [-0.25, -0.2) is 0 Å². The van der Waals surface area contributed by atoms with Gasteiger partial charge in [0.05, 0.1) is 33.0 Å². The van der Waals surface area contributed by atoms with Crippen molar-refractivity contribution in [2.24, 2.45) is 0 Å². The Bertz CT molecular complexity index is 531. The summed E-state index contributed by atoms with van der Waals surface area (Å²) < 4.78 is 22.6. The van der Waals surface area contributed by atoms with E-state index in [1.807, 2.05) is 0 Å². The molecule has 0 spiro atoms. The Labute approximate surface area is 217 Å². The summed E-state index contributed by atoms with van der Waals surface area (Å²) in [6.45, 7) is 9.06. The highest BCUT2D eigenvalue weighted by Gasteiger charge is 1.98. The molecule has 0 bridgehead atoms. The van der Waals surface area contributed by atoms with Crippen LogP contribution in [0.25, 0.3) is 0 Å². The topological polar surface area (TPSA) is 36.9 Å². The molecule has 35 heavy (non-hydrogen) atoms. The van der Waals surface area contributed by atoms with Gasteiger partial charge in [-0.05, 0) is 37.0 Å². The maximum absolute atomic E-state index is 5.78. The average molecular weight is 493 g/mol. The van der Waals surface area contributed by atoms with Crippen LogP contribution in [0.1, 0.15) is 116 Å². The maximum atomic E-state index is 5.78. The molecule has 0 saturated carbocycles. The quantitative estimate of drug-likeness (QED) is 0.115. The van der Waals surface area contributed by atoms with Crippen LogP contribution in [-0.2, 0) is 20.6 Å². The highest BCUT2D eigenvalue weighted by atomic mass is 16.6. The molecule has 1 aromatic rings. The van der Waals surface area contributed by atoms with Gasteiger partial charge in [0.2, 0.25) is 0 Å². The second-order valence-electron chi connectivity index (χ2n) is 9.68. The predicted molar refractivity (Wildman–Crippen MR) is 149 cm³/mol. The Morgan fingerprint density at radius 2 is 0.857 bits per heavy atom. The molecule has 0 aliphatic rings. The van der Waals surface area contributed by atoms with E-state index >= 15 is 0 Å². The molecule has 1 rings (SSSR count). The van der Waals surface area contributed by atoms with Crippen molar-refractivity contribution < 1.29 is 18.9 Å². The Kier molecular flexibility index (Phi) is 23.7. The van der Waals surface area contributed by atoms with Crippen LogP contribution < -0.4 is 4.74 Å². The summed E-state index contributed by atoms with van der Waals surface area (Å²) >= 11 is 0. The number of aryl methyl sites for hydroxylation is 1. The second kappa shape index (κ2) is 26.0. The first kappa shape index (κ1) is 31.9. The van der Waals surface area contributed by atoms with Crippen LogP contribution in [0.2, 0.25) is 0 Å². The molecule has 0 aliphatic carbocycles. The van der Waals surface area contributed by atoms with Crippen molar-refractivity contribution in [1.29, 1.82) is 0 Å². The molecule has 0 unspecified atom stereocenters. The van der Waals surface area contributed by atoms with Crippen molar-refractivity contribution in [3.8, 4) is 5.75 Å². The van der Waals surface area contributed by atoms with Gasteiger partial charge < -0.3 is 18.9 Å². The standard InChI is InChI=1S/C31H56O4/c1-3-5-7-9-11-13-15-17-23-32-24-25-33-26-27-34-28-29-35-31-21-19-30(20-22-31)18-16-14-12-10-8-6-4-2/h19-22H,3-18,23-29H2,1-2H3. The molecular formula is C31H56O4. The minimum atomic E-state index is 0.568. The number of benzene rings is 1. The number of rotatable bonds is 27. The molecule has 4 heteroatoms. The Morgan fingerprint density at radius 3 is 1.40 bits per heavy atom. The van der Waals surface area contributed by atoms with Crippen molar-refractivity contribution in [1.82, 2.24) is 0 Å². The predicted octanol–water partition coefficient (Wildman–Crippen LogP) is 8.55. The van der Waals surface area contributed by atoms with Crippen molar-refractivity contribution in [2.75, 3.05) is 46.2 Å². The van der Waals surface area contributed by atoms with Gasteiger partial charge in [0.1, 0.15) is 12.4 Å². The van der Waals surface area contributed by atoms with Crippen molar-refractivity contribution in [2.45, 2.75) is 117 Å². The smallest absolute Gasteiger partial charge is 0.119 e. The van der Waals surface area contributed by atoms with Gasteiger partial charge >= 0.3 is 0 Å². The van der Waals surface area contributed by atoms with E-state index < -0.39 is 0 Å². The minimum absolute atomic E-state index is 0.568. The molecule has 0 saturated heterocycles. The fourth-order valence-electron chi connectivity index (χ4n) is 4.14. The molecule has 0 atom stereocenters. The van der Waals surface area contributed by atoms with Crippen LogP contribution in [0.5, 0.6) is 5.75 Å². The summed E-state index contributed by atoms with van der Waals surface area (Å²) in [5.41, 5.74) is 1.40. The highest BCUT2D eigenvalue weighted by Crippen LogP contribution is 2.15. The van der Waals surface area contributed by atoms with Gasteiger partial charge in [-0.1, -0.05) is 109 Å². The van der Waals surface area contributed by atoms with Gasteiger partial charge in [-0.2, -0.15) is 0 Å². The molecule has 0 radical (unpaired) electrons. The lowest BCUT2D eigenvalue weighted by atomic mass is 10.0. The number of unbranched alkanes of at least 4 members (excludes halogenated alkanes) is 13. The Hall–Kier alpha value is -1.10. The fourth-order valence-corrected chi connectivity index (χ4v) is 4.14. The molecule has 1 aromatic carbocycles. The summed E-state index contributed by atoms with van der Waals surface area (Å²) in [5, 5.41) is 0. The van der Waals surface area contributed by atoms with E-state index in [1.165, 1.54) is 108 Å². The zero-order valence-corrected chi connectivity index (χ0v) is 23.2. The molecule has 0 aliphatic heterocycles. The van der Waals surface area contributed by atoms with Gasteiger partial charge in [0.25, 0.3) is 0 Å². The lowest BCUT2D eigenvalue weighted by molar-refractivity contribution is 0.00878. The normalized spacial score (nSPS) is 11.3. The van der Waals surface area contributed by atoms with Gasteiger partial charge in [0, 0.05) is 6.61 Å². The van der Waals surface area contributed by atoms with Crippen LogP contribution in [0.15, 0.2) is 24.3 Å². The number of hydrogen-bond acceptors (Lipinski definition) is 4. The molecule has 204 valence electrons. The van der Waals surface area contributed by atoms with Gasteiger partial charge in [0.15, 0.2) is 0 Å². The number of ether oxygens (including phenoxy) is 4. The lowest BCUT2D eigenvalue weighted by Gasteiger charge is -2.09. The molecule has 0 amide bonds. The third kappa shape index (κ3) is 21.9.